The smallest absolute Gasteiger partial charge is 0.462 e. The molecule has 0 bridgehead atoms. The van der Waals surface area contributed by atoms with Gasteiger partial charge in [-0.25, -0.2) is 4.57 Å². The molecule has 3 N–H and O–H groups in total. The normalized spacial score (nSPS) is 13.6. The molecule has 0 aromatic rings. The molecule has 0 aromatic heterocycles. The van der Waals surface area contributed by atoms with Crippen LogP contribution in [0.4, 0.5) is 0 Å². The Morgan fingerprint density at radius 2 is 0.694 bits per heavy atom. The van der Waals surface area contributed by atoms with Crippen molar-refractivity contribution in [3.8, 4) is 0 Å². The van der Waals surface area contributed by atoms with E-state index >= 15 is 0 Å². The van der Waals surface area contributed by atoms with E-state index < -0.39 is 51.8 Å². The molecule has 0 aliphatic carbocycles. The van der Waals surface area contributed by atoms with Gasteiger partial charge in [0.05, 0.1) is 19.8 Å². The van der Waals surface area contributed by atoms with E-state index in [1.807, 2.05) is 0 Å². The topological polar surface area (TPSA) is 149 Å². The molecule has 0 spiro atoms. The molecule has 11 heteroatoms. The zero-order chi connectivity index (χ0) is 45.5. The molecule has 10 nitrogen and oxygen atoms in total. The third-order valence-electron chi connectivity index (χ3n) is 12.0. The molecule has 0 aliphatic rings. The molecular formula is C51H101O10P. The summed E-state index contributed by atoms with van der Waals surface area (Å²) in [5.74, 6) is -0.902. The average Bonchev–Trinajstić information content (AvgIpc) is 3.26. The lowest BCUT2D eigenvalue weighted by Crippen LogP contribution is -2.29. The van der Waals surface area contributed by atoms with Crippen molar-refractivity contribution in [2.75, 3.05) is 26.4 Å². The maximum absolute atomic E-state index is 12.7. The fourth-order valence-corrected chi connectivity index (χ4v) is 8.73. The molecular weight excluding hydrogens is 804 g/mol. The summed E-state index contributed by atoms with van der Waals surface area (Å²) in [6.45, 7) is 2.46. The molecule has 370 valence electrons. The second-order valence-corrected chi connectivity index (χ2v) is 19.7. The van der Waals surface area contributed by atoms with E-state index in [0.717, 1.165) is 32.1 Å². The molecule has 3 atom stereocenters. The van der Waals surface area contributed by atoms with E-state index in [0.29, 0.717) is 12.8 Å². The zero-order valence-corrected chi connectivity index (χ0v) is 41.5. The van der Waals surface area contributed by atoms with Crippen molar-refractivity contribution < 1.29 is 47.8 Å². The molecule has 0 aromatic carbocycles. The number of hydrogen-bond donors (Lipinski definition) is 3. The molecule has 0 saturated carbocycles. The number of aliphatic hydroxyl groups is 2. The van der Waals surface area contributed by atoms with Gasteiger partial charge < -0.3 is 24.6 Å². The van der Waals surface area contributed by atoms with Gasteiger partial charge in [-0.2, -0.15) is 0 Å². The zero-order valence-electron chi connectivity index (χ0n) is 40.6. The molecule has 1 unspecified atom stereocenters. The molecule has 0 rings (SSSR count). The van der Waals surface area contributed by atoms with E-state index in [1.165, 1.54) is 205 Å². The van der Waals surface area contributed by atoms with Crippen LogP contribution in [-0.4, -0.2) is 65.7 Å². The molecule has 0 fully saturated rings. The Hall–Kier alpha value is -1.03. The minimum absolute atomic E-state index is 0.193. The Bertz CT molecular complexity index is 998. The number of aliphatic hydroxyl groups excluding tert-OH is 2. The van der Waals surface area contributed by atoms with Crippen LogP contribution in [0.25, 0.3) is 0 Å². The maximum atomic E-state index is 12.7. The summed E-state index contributed by atoms with van der Waals surface area (Å²) < 4.78 is 32.9. The number of phosphoric ester groups is 1. The van der Waals surface area contributed by atoms with Crippen LogP contribution >= 0.6 is 7.82 Å². The lowest BCUT2D eigenvalue weighted by atomic mass is 10.0. The second-order valence-electron chi connectivity index (χ2n) is 18.3. The minimum atomic E-state index is -4.62. The molecule has 0 aliphatic heterocycles. The van der Waals surface area contributed by atoms with E-state index in [4.69, 9.17) is 23.6 Å². The van der Waals surface area contributed by atoms with Crippen LogP contribution in [0.3, 0.4) is 0 Å². The average molecular weight is 905 g/mol. The van der Waals surface area contributed by atoms with Gasteiger partial charge in [0, 0.05) is 12.8 Å². The first-order valence-corrected chi connectivity index (χ1v) is 28.0. The Labute approximate surface area is 382 Å². The van der Waals surface area contributed by atoms with E-state index in [-0.39, 0.29) is 19.4 Å². The molecule has 0 heterocycles. The summed E-state index contributed by atoms with van der Waals surface area (Å²) in [5, 5.41) is 18.4. The van der Waals surface area contributed by atoms with Gasteiger partial charge in [0.25, 0.3) is 0 Å². The summed E-state index contributed by atoms with van der Waals surface area (Å²) in [6, 6.07) is 0. The van der Waals surface area contributed by atoms with Gasteiger partial charge in [0.2, 0.25) is 0 Å². The van der Waals surface area contributed by atoms with Crippen molar-refractivity contribution in [2.24, 2.45) is 0 Å². The number of esters is 2. The molecule has 0 radical (unpaired) electrons. The first kappa shape index (κ1) is 61.0. The van der Waals surface area contributed by atoms with Crippen molar-refractivity contribution >= 4 is 19.8 Å². The van der Waals surface area contributed by atoms with Crippen LogP contribution in [0, 0.1) is 0 Å². The van der Waals surface area contributed by atoms with E-state index in [1.54, 1.807) is 0 Å². The van der Waals surface area contributed by atoms with Gasteiger partial charge in [-0.1, -0.05) is 251 Å². The highest BCUT2D eigenvalue weighted by atomic mass is 31.2. The predicted octanol–water partition coefficient (Wildman–Crippen LogP) is 15.0. The van der Waals surface area contributed by atoms with Gasteiger partial charge in [-0.05, 0) is 12.8 Å². The number of unbranched alkanes of at least 4 members (excludes halogenated alkanes) is 37. The highest BCUT2D eigenvalue weighted by Gasteiger charge is 2.27. The first-order valence-electron chi connectivity index (χ1n) is 26.5. The number of rotatable bonds is 51. The van der Waals surface area contributed by atoms with Crippen LogP contribution in [0.1, 0.15) is 277 Å². The second kappa shape index (κ2) is 47.9. The number of carbonyl (C=O) groups is 2. The summed E-state index contributed by atoms with van der Waals surface area (Å²) in [7, 11) is -4.62. The van der Waals surface area contributed by atoms with Gasteiger partial charge in [0.15, 0.2) is 6.10 Å². The lowest BCUT2D eigenvalue weighted by Gasteiger charge is -2.20. The SMILES string of the molecule is CCCCCCCCCCCCCCCCCCCCCCCCCC(=O)O[C@H](COC(=O)CCCCCCCCCCCCCCCCCC)COP(=O)(O)OC[C@@H](O)CO. The van der Waals surface area contributed by atoms with Gasteiger partial charge in [-0.15, -0.1) is 0 Å². The Morgan fingerprint density at radius 3 is 1.00 bits per heavy atom. The van der Waals surface area contributed by atoms with E-state index in [9.17, 15) is 24.2 Å². The first-order chi connectivity index (χ1) is 30.2. The third kappa shape index (κ3) is 46.9. The summed E-state index contributed by atoms with van der Waals surface area (Å²) in [6.07, 6.45) is 47.9. The standard InChI is InChI=1S/C51H101O10P/c1-3-5-7-9-11-13-15-17-19-21-22-23-24-25-26-27-29-31-33-35-37-39-41-43-51(55)61-49(47-60-62(56,57)59-45-48(53)44-52)46-58-50(54)42-40-38-36-34-32-30-28-20-18-16-14-12-10-8-6-4-2/h48-49,52-53H,3-47H2,1-2H3,(H,56,57)/t48-,49+/m0/s1. The fourth-order valence-electron chi connectivity index (χ4n) is 7.94. The van der Waals surface area contributed by atoms with Crippen LogP contribution in [0.15, 0.2) is 0 Å². The number of carbonyl (C=O) groups excluding carboxylic acids is 2. The monoisotopic (exact) mass is 905 g/mol. The van der Waals surface area contributed by atoms with Crippen LogP contribution in [0.5, 0.6) is 0 Å². The number of phosphoric acid groups is 1. The summed E-state index contributed by atoms with van der Waals surface area (Å²) >= 11 is 0. The number of ether oxygens (including phenoxy) is 2. The van der Waals surface area contributed by atoms with Crippen molar-refractivity contribution in [2.45, 2.75) is 289 Å². The largest absolute Gasteiger partial charge is 0.472 e. The van der Waals surface area contributed by atoms with Crippen molar-refractivity contribution in [1.82, 2.24) is 0 Å². The van der Waals surface area contributed by atoms with Gasteiger partial charge in [-0.3, -0.25) is 18.6 Å². The van der Waals surface area contributed by atoms with Crippen LogP contribution in [-0.2, 0) is 32.7 Å². The quantitative estimate of drug-likeness (QED) is 0.0306. The molecule has 0 amide bonds. The molecule has 62 heavy (non-hydrogen) atoms. The Morgan fingerprint density at radius 1 is 0.419 bits per heavy atom. The highest BCUT2D eigenvalue weighted by Crippen LogP contribution is 2.43. The van der Waals surface area contributed by atoms with Crippen molar-refractivity contribution in [3.63, 3.8) is 0 Å². The predicted molar refractivity (Wildman–Crippen MR) is 256 cm³/mol. The van der Waals surface area contributed by atoms with Crippen molar-refractivity contribution in [1.29, 1.82) is 0 Å². The van der Waals surface area contributed by atoms with Crippen LogP contribution in [0.2, 0.25) is 0 Å². The van der Waals surface area contributed by atoms with E-state index in [2.05, 4.69) is 13.8 Å². The molecule has 0 saturated heterocycles. The van der Waals surface area contributed by atoms with Crippen LogP contribution < -0.4 is 0 Å². The lowest BCUT2D eigenvalue weighted by molar-refractivity contribution is -0.161. The maximum Gasteiger partial charge on any atom is 0.472 e. The number of hydrogen-bond acceptors (Lipinski definition) is 9. The Kier molecular flexibility index (Phi) is 47.1. The Balaban J connectivity index is 4.08. The fraction of sp³-hybridized carbons (Fsp3) is 0.961. The van der Waals surface area contributed by atoms with Gasteiger partial charge >= 0.3 is 19.8 Å². The third-order valence-corrected chi connectivity index (χ3v) is 13.0. The summed E-state index contributed by atoms with van der Waals surface area (Å²) in [5.41, 5.74) is 0. The highest BCUT2D eigenvalue weighted by molar-refractivity contribution is 7.47. The summed E-state index contributed by atoms with van der Waals surface area (Å²) in [4.78, 5) is 35.2. The van der Waals surface area contributed by atoms with Crippen molar-refractivity contribution in [3.05, 3.63) is 0 Å². The minimum Gasteiger partial charge on any atom is -0.462 e. The van der Waals surface area contributed by atoms with Gasteiger partial charge in [0.1, 0.15) is 12.7 Å².